The number of hydrogen-bond donors (Lipinski definition) is 0. The van der Waals surface area contributed by atoms with Crippen LogP contribution < -0.4 is 0 Å². The predicted molar refractivity (Wildman–Crippen MR) is 70.1 cm³/mol. The molecule has 0 saturated carbocycles. The molecular formula is C9H11Cl2NO2S2. The molecule has 90 valence electrons. The van der Waals surface area contributed by atoms with Gasteiger partial charge in [0.2, 0.25) is 0 Å². The number of rotatable bonds is 5. The highest BCUT2D eigenvalue weighted by atomic mass is 35.5. The molecule has 0 aromatic carbocycles. The molecule has 0 aliphatic heterocycles. The first-order chi connectivity index (χ1) is 7.38. The second-order valence-corrected chi connectivity index (χ2v) is 7.44. The van der Waals surface area contributed by atoms with Crippen LogP contribution in [0, 0.1) is 0 Å². The summed E-state index contributed by atoms with van der Waals surface area (Å²) in [4.78, 5) is 3.92. The van der Waals surface area contributed by atoms with Gasteiger partial charge in [0.15, 0.2) is 0 Å². The lowest BCUT2D eigenvalue weighted by Gasteiger charge is -2.03. The Bertz CT molecular complexity index is 463. The lowest BCUT2D eigenvalue weighted by molar-refractivity contribution is 0.603. The third-order valence-electron chi connectivity index (χ3n) is 1.75. The molecule has 0 bridgehead atoms. The second-order valence-electron chi connectivity index (χ2n) is 3.28. The van der Waals surface area contributed by atoms with E-state index >= 15 is 0 Å². The van der Waals surface area contributed by atoms with Gasteiger partial charge in [-0.1, -0.05) is 23.2 Å². The Labute approximate surface area is 109 Å². The number of halogens is 2. The topological polar surface area (TPSA) is 47.0 Å². The van der Waals surface area contributed by atoms with Crippen molar-refractivity contribution in [3.63, 3.8) is 0 Å². The molecule has 0 aliphatic rings. The minimum atomic E-state index is -2.89. The summed E-state index contributed by atoms with van der Waals surface area (Å²) in [6.07, 6.45) is 2.84. The van der Waals surface area contributed by atoms with Gasteiger partial charge in [-0.25, -0.2) is 13.4 Å². The maximum Gasteiger partial charge on any atom is 0.148 e. The zero-order chi connectivity index (χ0) is 12.2. The maximum absolute atomic E-state index is 10.9. The average Bonchev–Trinajstić information content (AvgIpc) is 2.13. The fraction of sp³-hybridized carbons (Fsp3) is 0.444. The van der Waals surface area contributed by atoms with Crippen LogP contribution in [-0.4, -0.2) is 31.2 Å². The Morgan fingerprint density at radius 1 is 1.44 bits per heavy atom. The van der Waals surface area contributed by atoms with Crippen molar-refractivity contribution in [3.8, 4) is 0 Å². The molecule has 0 atom stereocenters. The first-order valence-corrected chi connectivity index (χ1v) is 8.41. The molecule has 7 heteroatoms. The highest BCUT2D eigenvalue weighted by Crippen LogP contribution is 2.22. The Kier molecular flexibility index (Phi) is 5.37. The van der Waals surface area contributed by atoms with Gasteiger partial charge in [0.1, 0.15) is 15.0 Å². The quantitative estimate of drug-likeness (QED) is 0.619. The van der Waals surface area contributed by atoms with Gasteiger partial charge in [-0.2, -0.15) is 11.8 Å². The van der Waals surface area contributed by atoms with E-state index in [4.69, 9.17) is 23.2 Å². The van der Waals surface area contributed by atoms with E-state index in [1.807, 2.05) is 0 Å². The molecule has 0 unspecified atom stereocenters. The van der Waals surface area contributed by atoms with Gasteiger partial charge in [-0.05, 0) is 11.6 Å². The monoisotopic (exact) mass is 299 g/mol. The van der Waals surface area contributed by atoms with Crippen LogP contribution in [0.15, 0.2) is 12.3 Å². The van der Waals surface area contributed by atoms with Crippen molar-refractivity contribution >= 4 is 44.8 Å². The molecule has 0 saturated heterocycles. The van der Waals surface area contributed by atoms with Crippen LogP contribution in [0.25, 0.3) is 0 Å². The summed E-state index contributed by atoms with van der Waals surface area (Å²) in [5.74, 6) is 1.37. The molecule has 1 aromatic rings. The van der Waals surface area contributed by atoms with Crippen LogP contribution in [0.2, 0.25) is 10.2 Å². The number of aromatic nitrogens is 1. The van der Waals surface area contributed by atoms with Crippen molar-refractivity contribution in [2.75, 3.05) is 17.8 Å². The van der Waals surface area contributed by atoms with E-state index in [0.29, 0.717) is 21.7 Å². The Morgan fingerprint density at radius 3 is 2.69 bits per heavy atom. The third kappa shape index (κ3) is 5.39. The first kappa shape index (κ1) is 14.1. The fourth-order valence-corrected chi connectivity index (χ4v) is 3.72. The van der Waals surface area contributed by atoms with Crippen molar-refractivity contribution < 1.29 is 8.42 Å². The number of nitrogens with zero attached hydrogens (tertiary/aromatic N) is 1. The Morgan fingerprint density at radius 2 is 2.12 bits per heavy atom. The summed E-state index contributed by atoms with van der Waals surface area (Å²) in [5, 5.41) is 0.918. The standard InChI is InChI=1S/C9H11Cl2NO2S2/c1-16(13,14)3-2-15-6-7-5-12-9(11)4-8(7)10/h4-5H,2-3,6H2,1H3. The zero-order valence-electron chi connectivity index (χ0n) is 8.61. The highest BCUT2D eigenvalue weighted by Gasteiger charge is 2.05. The van der Waals surface area contributed by atoms with Crippen molar-refractivity contribution in [2.45, 2.75) is 5.75 Å². The normalized spacial score (nSPS) is 11.7. The highest BCUT2D eigenvalue weighted by molar-refractivity contribution is 7.99. The van der Waals surface area contributed by atoms with E-state index in [9.17, 15) is 8.42 Å². The van der Waals surface area contributed by atoms with Gasteiger partial charge >= 0.3 is 0 Å². The maximum atomic E-state index is 10.9. The molecule has 0 fully saturated rings. The van der Waals surface area contributed by atoms with Gasteiger partial charge in [0, 0.05) is 29.0 Å². The summed E-state index contributed by atoms with van der Waals surface area (Å²) < 4.78 is 21.8. The van der Waals surface area contributed by atoms with Crippen molar-refractivity contribution in [1.29, 1.82) is 0 Å². The molecule has 0 radical (unpaired) electrons. The fourth-order valence-electron chi connectivity index (χ4n) is 0.934. The Balaban J connectivity index is 2.43. The molecule has 0 spiro atoms. The van der Waals surface area contributed by atoms with Gasteiger partial charge in [-0.15, -0.1) is 0 Å². The molecule has 3 nitrogen and oxygen atoms in total. The van der Waals surface area contributed by atoms with Crippen LogP contribution >= 0.6 is 35.0 Å². The number of hydrogen-bond acceptors (Lipinski definition) is 4. The average molecular weight is 300 g/mol. The molecule has 1 heterocycles. The van der Waals surface area contributed by atoms with E-state index in [1.165, 1.54) is 18.0 Å². The van der Waals surface area contributed by atoms with E-state index in [0.717, 1.165) is 5.56 Å². The van der Waals surface area contributed by atoms with Gasteiger partial charge < -0.3 is 0 Å². The second kappa shape index (κ2) is 6.10. The molecule has 1 aromatic heterocycles. The van der Waals surface area contributed by atoms with E-state index in [1.54, 1.807) is 12.3 Å². The Hall–Kier alpha value is 0.0300. The van der Waals surface area contributed by atoms with E-state index in [2.05, 4.69) is 4.98 Å². The number of sulfone groups is 1. The van der Waals surface area contributed by atoms with Crippen LogP contribution in [0.3, 0.4) is 0 Å². The minimum Gasteiger partial charge on any atom is -0.244 e. The number of pyridine rings is 1. The largest absolute Gasteiger partial charge is 0.244 e. The van der Waals surface area contributed by atoms with Crippen molar-refractivity contribution in [1.82, 2.24) is 4.98 Å². The SMILES string of the molecule is CS(=O)(=O)CCSCc1cnc(Cl)cc1Cl. The first-order valence-electron chi connectivity index (χ1n) is 4.44. The van der Waals surface area contributed by atoms with Crippen LogP contribution in [0.1, 0.15) is 5.56 Å². The third-order valence-corrected chi connectivity index (χ3v) is 4.52. The summed E-state index contributed by atoms with van der Waals surface area (Å²) in [6, 6.07) is 1.58. The van der Waals surface area contributed by atoms with E-state index < -0.39 is 9.84 Å². The molecule has 0 amide bonds. The molecule has 16 heavy (non-hydrogen) atoms. The summed E-state index contributed by atoms with van der Waals surface area (Å²) >= 11 is 13.1. The van der Waals surface area contributed by atoms with Gasteiger partial charge in [0.05, 0.1) is 5.75 Å². The predicted octanol–water partition coefficient (Wildman–Crippen LogP) is 2.67. The van der Waals surface area contributed by atoms with Crippen LogP contribution in [-0.2, 0) is 15.6 Å². The molecule has 1 rings (SSSR count). The van der Waals surface area contributed by atoms with Gasteiger partial charge in [0.25, 0.3) is 0 Å². The lowest BCUT2D eigenvalue weighted by atomic mass is 10.3. The smallest absolute Gasteiger partial charge is 0.148 e. The minimum absolute atomic E-state index is 0.177. The summed E-state index contributed by atoms with van der Waals surface area (Å²) in [7, 11) is -2.89. The van der Waals surface area contributed by atoms with E-state index in [-0.39, 0.29) is 5.75 Å². The molecular weight excluding hydrogens is 289 g/mol. The summed E-state index contributed by atoms with van der Waals surface area (Å²) in [5.41, 5.74) is 0.865. The van der Waals surface area contributed by atoms with Crippen LogP contribution in [0.5, 0.6) is 0 Å². The van der Waals surface area contributed by atoms with Gasteiger partial charge in [-0.3, -0.25) is 0 Å². The lowest BCUT2D eigenvalue weighted by Crippen LogP contribution is -2.05. The summed E-state index contributed by atoms with van der Waals surface area (Å²) in [6.45, 7) is 0. The number of thioether (sulfide) groups is 1. The molecule has 0 N–H and O–H groups in total. The van der Waals surface area contributed by atoms with Crippen LogP contribution in [0.4, 0.5) is 0 Å². The molecule has 0 aliphatic carbocycles. The van der Waals surface area contributed by atoms with Crippen molar-refractivity contribution in [3.05, 3.63) is 28.0 Å². The van der Waals surface area contributed by atoms with Crippen molar-refractivity contribution in [2.24, 2.45) is 0 Å². The zero-order valence-corrected chi connectivity index (χ0v) is 11.8.